The van der Waals surface area contributed by atoms with Crippen molar-refractivity contribution in [2.75, 3.05) is 18.1 Å². The van der Waals surface area contributed by atoms with Gasteiger partial charge in [0.1, 0.15) is 5.82 Å². The van der Waals surface area contributed by atoms with Gasteiger partial charge in [-0.3, -0.25) is 9.69 Å². The Hall–Kier alpha value is -1.73. The molecule has 1 unspecified atom stereocenters. The number of ether oxygens (including phenoxy) is 1. The quantitative estimate of drug-likeness (QED) is 0.549. The number of nitrogens with zero attached hydrogens (tertiary/aromatic N) is 2. The highest BCUT2D eigenvalue weighted by molar-refractivity contribution is 7.22. The van der Waals surface area contributed by atoms with E-state index in [0.717, 1.165) is 12.8 Å². The number of aromatic nitrogens is 1. The predicted molar refractivity (Wildman–Crippen MR) is 107 cm³/mol. The zero-order chi connectivity index (χ0) is 19.0. The Morgan fingerprint density at radius 2 is 2.04 bits per heavy atom. The molecule has 1 fully saturated rings. The summed E-state index contributed by atoms with van der Waals surface area (Å²) in [6, 6.07) is 9.10. The van der Waals surface area contributed by atoms with Crippen molar-refractivity contribution in [1.82, 2.24) is 4.98 Å². The lowest BCUT2D eigenvalue weighted by molar-refractivity contribution is 0.0917. The maximum Gasteiger partial charge on any atom is 0.260 e. The van der Waals surface area contributed by atoms with Crippen molar-refractivity contribution in [3.8, 4) is 0 Å². The Morgan fingerprint density at radius 1 is 1.26 bits per heavy atom. The van der Waals surface area contributed by atoms with Crippen molar-refractivity contribution in [2.24, 2.45) is 0 Å². The molecule has 0 saturated carbocycles. The SMILES string of the molecule is O=C(c1cc(Cl)cc(Cl)c1)N(CC1CCCO1)c1nc2ccc(F)cc2s1. The summed E-state index contributed by atoms with van der Waals surface area (Å²) in [6.07, 6.45) is 1.77. The molecule has 0 N–H and O–H groups in total. The molecule has 1 aromatic heterocycles. The maximum atomic E-state index is 13.5. The first kappa shape index (κ1) is 18.6. The number of carbonyl (C=O) groups excluding carboxylic acids is 1. The number of amides is 1. The molecule has 140 valence electrons. The molecule has 8 heteroatoms. The number of fused-ring (bicyclic) bond motifs is 1. The van der Waals surface area contributed by atoms with Crippen LogP contribution in [0.5, 0.6) is 0 Å². The average Bonchev–Trinajstić information content (AvgIpc) is 3.27. The Kier molecular flexibility index (Phi) is 5.32. The van der Waals surface area contributed by atoms with Gasteiger partial charge < -0.3 is 4.74 Å². The molecule has 1 saturated heterocycles. The maximum absolute atomic E-state index is 13.5. The molecule has 0 spiro atoms. The van der Waals surface area contributed by atoms with E-state index in [4.69, 9.17) is 27.9 Å². The van der Waals surface area contributed by atoms with Crippen LogP contribution in [0.25, 0.3) is 10.2 Å². The zero-order valence-corrected chi connectivity index (χ0v) is 16.5. The van der Waals surface area contributed by atoms with Crippen LogP contribution in [0, 0.1) is 5.82 Å². The molecule has 1 amide bonds. The van der Waals surface area contributed by atoms with Gasteiger partial charge in [0.2, 0.25) is 0 Å². The van der Waals surface area contributed by atoms with Gasteiger partial charge in [0.05, 0.1) is 22.9 Å². The average molecular weight is 425 g/mol. The molecule has 4 rings (SSSR count). The van der Waals surface area contributed by atoms with Gasteiger partial charge >= 0.3 is 0 Å². The van der Waals surface area contributed by atoms with E-state index in [0.29, 0.717) is 44.1 Å². The number of carbonyl (C=O) groups is 1. The van der Waals surface area contributed by atoms with Gasteiger partial charge in [-0.1, -0.05) is 34.5 Å². The third-order valence-electron chi connectivity index (χ3n) is 4.33. The summed E-state index contributed by atoms with van der Waals surface area (Å²) in [5.74, 6) is -0.606. The van der Waals surface area contributed by atoms with Gasteiger partial charge in [-0.2, -0.15) is 0 Å². The Labute approximate surface area is 169 Å². The molecular weight excluding hydrogens is 410 g/mol. The van der Waals surface area contributed by atoms with Crippen LogP contribution < -0.4 is 4.90 Å². The van der Waals surface area contributed by atoms with Crippen LogP contribution in [0.2, 0.25) is 10.0 Å². The van der Waals surface area contributed by atoms with Gasteiger partial charge in [-0.05, 0) is 49.2 Å². The van der Waals surface area contributed by atoms with Crippen LogP contribution in [0.1, 0.15) is 23.2 Å². The van der Waals surface area contributed by atoms with Crippen molar-refractivity contribution < 1.29 is 13.9 Å². The van der Waals surface area contributed by atoms with Gasteiger partial charge in [0.25, 0.3) is 5.91 Å². The van der Waals surface area contributed by atoms with Crippen LogP contribution in [-0.2, 0) is 4.74 Å². The molecule has 0 radical (unpaired) electrons. The highest BCUT2D eigenvalue weighted by Gasteiger charge is 2.27. The standard InChI is InChI=1S/C19H15Cl2FN2O2S/c20-12-6-11(7-13(21)8-12)18(25)24(10-15-2-1-5-26-15)19-23-16-4-3-14(22)9-17(16)27-19/h3-4,6-9,15H,1-2,5,10H2. The minimum Gasteiger partial charge on any atom is -0.376 e. The van der Waals surface area contributed by atoms with E-state index >= 15 is 0 Å². The minimum absolute atomic E-state index is 0.0626. The second-order valence-electron chi connectivity index (χ2n) is 6.32. The lowest BCUT2D eigenvalue weighted by Gasteiger charge is -2.23. The zero-order valence-electron chi connectivity index (χ0n) is 14.1. The van der Waals surface area contributed by atoms with Crippen LogP contribution in [-0.4, -0.2) is 30.1 Å². The van der Waals surface area contributed by atoms with Crippen LogP contribution >= 0.6 is 34.5 Å². The number of hydrogen-bond donors (Lipinski definition) is 0. The first-order valence-electron chi connectivity index (χ1n) is 8.45. The van der Waals surface area contributed by atoms with Crippen LogP contribution in [0.3, 0.4) is 0 Å². The largest absolute Gasteiger partial charge is 0.376 e. The van der Waals surface area contributed by atoms with E-state index in [-0.39, 0.29) is 17.8 Å². The molecule has 4 nitrogen and oxygen atoms in total. The summed E-state index contributed by atoms with van der Waals surface area (Å²) in [4.78, 5) is 19.3. The minimum atomic E-state index is -0.337. The Balaban J connectivity index is 1.73. The fourth-order valence-corrected chi connectivity index (χ4v) is 4.60. The molecule has 1 aliphatic rings. The van der Waals surface area contributed by atoms with Crippen molar-refractivity contribution in [3.63, 3.8) is 0 Å². The van der Waals surface area contributed by atoms with Crippen LogP contribution in [0.4, 0.5) is 9.52 Å². The van der Waals surface area contributed by atoms with Crippen LogP contribution in [0.15, 0.2) is 36.4 Å². The lowest BCUT2D eigenvalue weighted by Crippen LogP contribution is -2.37. The molecule has 2 aromatic carbocycles. The van der Waals surface area contributed by atoms with Gasteiger partial charge in [0, 0.05) is 22.2 Å². The predicted octanol–water partition coefficient (Wildman–Crippen LogP) is 5.57. The van der Waals surface area contributed by atoms with E-state index in [1.807, 2.05) is 0 Å². The first-order chi connectivity index (χ1) is 13.0. The number of hydrogen-bond acceptors (Lipinski definition) is 4. The fraction of sp³-hybridized carbons (Fsp3) is 0.263. The summed E-state index contributed by atoms with van der Waals surface area (Å²) in [5.41, 5.74) is 1.02. The van der Waals surface area contributed by atoms with Gasteiger partial charge in [0.15, 0.2) is 5.13 Å². The highest BCUT2D eigenvalue weighted by Crippen LogP contribution is 2.32. The monoisotopic (exact) mass is 424 g/mol. The summed E-state index contributed by atoms with van der Waals surface area (Å²) >= 11 is 13.4. The molecule has 1 atom stereocenters. The number of rotatable bonds is 4. The van der Waals surface area contributed by atoms with E-state index in [2.05, 4.69) is 4.98 Å². The third kappa shape index (κ3) is 4.09. The normalized spacial score (nSPS) is 16.8. The molecule has 0 bridgehead atoms. The second kappa shape index (κ2) is 7.72. The smallest absolute Gasteiger partial charge is 0.260 e. The molecule has 27 heavy (non-hydrogen) atoms. The summed E-state index contributed by atoms with van der Waals surface area (Å²) in [5, 5.41) is 1.26. The Bertz CT molecular complexity index is 984. The number of halogens is 3. The van der Waals surface area contributed by atoms with E-state index in [1.54, 1.807) is 29.2 Å². The molecular formula is C19H15Cl2FN2O2S. The number of anilines is 1. The second-order valence-corrected chi connectivity index (χ2v) is 8.20. The van der Waals surface area contributed by atoms with E-state index in [1.165, 1.54) is 23.5 Å². The topological polar surface area (TPSA) is 42.4 Å². The third-order valence-corrected chi connectivity index (χ3v) is 5.81. The molecule has 0 aliphatic carbocycles. The summed E-state index contributed by atoms with van der Waals surface area (Å²) < 4.78 is 19.9. The summed E-state index contributed by atoms with van der Waals surface area (Å²) in [6.45, 7) is 1.05. The van der Waals surface area contributed by atoms with Crippen molar-refractivity contribution in [1.29, 1.82) is 0 Å². The highest BCUT2D eigenvalue weighted by atomic mass is 35.5. The summed E-state index contributed by atoms with van der Waals surface area (Å²) in [7, 11) is 0. The fourth-order valence-electron chi connectivity index (χ4n) is 3.07. The number of benzene rings is 2. The van der Waals surface area contributed by atoms with Crippen molar-refractivity contribution in [3.05, 3.63) is 57.8 Å². The van der Waals surface area contributed by atoms with Gasteiger partial charge in [-0.25, -0.2) is 9.37 Å². The first-order valence-corrected chi connectivity index (χ1v) is 10.0. The van der Waals surface area contributed by atoms with Crippen molar-refractivity contribution >= 4 is 55.8 Å². The van der Waals surface area contributed by atoms with E-state index < -0.39 is 0 Å². The van der Waals surface area contributed by atoms with Crippen molar-refractivity contribution in [2.45, 2.75) is 18.9 Å². The lowest BCUT2D eigenvalue weighted by atomic mass is 10.1. The molecule has 3 aromatic rings. The molecule has 2 heterocycles. The number of thiazole rings is 1. The van der Waals surface area contributed by atoms with Gasteiger partial charge in [-0.15, -0.1) is 0 Å². The molecule has 1 aliphatic heterocycles. The Morgan fingerprint density at radius 3 is 2.74 bits per heavy atom. The van der Waals surface area contributed by atoms with E-state index in [9.17, 15) is 9.18 Å².